The van der Waals surface area contributed by atoms with Gasteiger partial charge >= 0.3 is 0 Å². The molecule has 25 heavy (non-hydrogen) atoms. The molecule has 0 radical (unpaired) electrons. The minimum absolute atomic E-state index is 0.333. The fraction of sp³-hybridized carbons (Fsp3) is 0.826. The number of alkyl halides is 1. The van der Waals surface area contributed by atoms with E-state index in [1.54, 1.807) is 0 Å². The van der Waals surface area contributed by atoms with Gasteiger partial charge in [-0.1, -0.05) is 92.4 Å². The van der Waals surface area contributed by atoms with Gasteiger partial charge in [0.15, 0.2) is 0 Å². The van der Waals surface area contributed by atoms with Crippen LogP contribution in [0.1, 0.15) is 103 Å². The van der Waals surface area contributed by atoms with Crippen molar-refractivity contribution in [3.8, 4) is 0 Å². The average Bonchev–Trinajstić information content (AvgIpc) is 2.63. The topological polar surface area (TPSA) is 9.23 Å². The minimum Gasteiger partial charge on any atom is -0.374 e. The molecule has 0 spiro atoms. The molecule has 1 unspecified atom stereocenters. The lowest BCUT2D eigenvalue weighted by molar-refractivity contribution is 0.0754. The number of ether oxygens (including phenoxy) is 1. The van der Waals surface area contributed by atoms with Crippen LogP contribution >= 0.6 is 15.9 Å². The normalized spacial score (nSPS) is 12.7. The van der Waals surface area contributed by atoms with Crippen LogP contribution in [0.2, 0.25) is 0 Å². The molecule has 0 aliphatic heterocycles. The van der Waals surface area contributed by atoms with Gasteiger partial charge in [0, 0.05) is 11.9 Å². The molecule has 0 heterocycles. The largest absolute Gasteiger partial charge is 0.374 e. The molecule has 1 nitrogen and oxygen atoms in total. The third-order valence-corrected chi connectivity index (χ3v) is 5.14. The van der Waals surface area contributed by atoms with E-state index in [4.69, 9.17) is 4.74 Å². The van der Waals surface area contributed by atoms with E-state index in [0.717, 1.165) is 24.8 Å². The zero-order chi connectivity index (χ0) is 18.4. The zero-order valence-electron chi connectivity index (χ0n) is 16.8. The molecule has 0 fully saturated rings. The second-order valence-electron chi connectivity index (χ2n) is 7.07. The highest BCUT2D eigenvalue weighted by molar-refractivity contribution is 9.09. The fourth-order valence-electron chi connectivity index (χ4n) is 2.94. The van der Waals surface area contributed by atoms with Crippen molar-refractivity contribution in [3.63, 3.8) is 0 Å². The lowest BCUT2D eigenvalue weighted by Crippen LogP contribution is -2.11. The number of rotatable bonds is 20. The third kappa shape index (κ3) is 20.1. The van der Waals surface area contributed by atoms with Gasteiger partial charge in [0.05, 0.1) is 6.10 Å². The summed E-state index contributed by atoms with van der Waals surface area (Å²) in [4.78, 5) is 0. The minimum atomic E-state index is 0.333. The summed E-state index contributed by atoms with van der Waals surface area (Å²) in [5, 5.41) is 1.08. The maximum absolute atomic E-state index is 6.11. The molecule has 0 N–H and O–H groups in total. The van der Waals surface area contributed by atoms with Crippen LogP contribution in [0.15, 0.2) is 24.8 Å². The summed E-state index contributed by atoms with van der Waals surface area (Å²) in [6.45, 7) is 6.96. The van der Waals surface area contributed by atoms with Gasteiger partial charge in [-0.3, -0.25) is 0 Å². The predicted octanol–water partition coefficient (Wildman–Crippen LogP) is 8.38. The zero-order valence-corrected chi connectivity index (χ0v) is 18.4. The first-order chi connectivity index (χ1) is 12.3. The highest BCUT2D eigenvalue weighted by Gasteiger charge is 2.05. The molecule has 0 aliphatic rings. The Bertz CT molecular complexity index is 288. The summed E-state index contributed by atoms with van der Waals surface area (Å²) in [7, 11) is 0. The van der Waals surface area contributed by atoms with Crippen molar-refractivity contribution in [1.29, 1.82) is 0 Å². The first-order valence-electron chi connectivity index (χ1n) is 10.8. The standard InChI is InChI=1S/C23H43BrO/c1-3-5-7-9-11-13-15-19-23(25-22-18-17-21-24)20-16-14-12-10-8-6-4-2/h3,15,19,23H,1,4-14,16-18,20-22H2,2H3/b19-15-. The van der Waals surface area contributed by atoms with Crippen molar-refractivity contribution in [2.75, 3.05) is 11.9 Å². The van der Waals surface area contributed by atoms with Crippen LogP contribution in [0.3, 0.4) is 0 Å². The van der Waals surface area contributed by atoms with Crippen LogP contribution < -0.4 is 0 Å². The number of hydrogen-bond acceptors (Lipinski definition) is 1. The molecule has 0 aliphatic carbocycles. The lowest BCUT2D eigenvalue weighted by atomic mass is 10.1. The SMILES string of the molecule is C=CCCCCC/C=C\C(CCCCCCCCC)OCCCCBr. The number of halogens is 1. The average molecular weight is 416 g/mol. The molecule has 0 aromatic carbocycles. The van der Waals surface area contributed by atoms with Gasteiger partial charge in [-0.2, -0.15) is 0 Å². The van der Waals surface area contributed by atoms with Crippen molar-refractivity contribution in [1.82, 2.24) is 0 Å². The maximum Gasteiger partial charge on any atom is 0.0755 e. The van der Waals surface area contributed by atoms with Gasteiger partial charge in [-0.05, 0) is 44.9 Å². The van der Waals surface area contributed by atoms with Gasteiger partial charge in [0.1, 0.15) is 0 Å². The van der Waals surface area contributed by atoms with E-state index in [1.165, 1.54) is 83.5 Å². The maximum atomic E-state index is 6.11. The Morgan fingerprint density at radius 3 is 2.24 bits per heavy atom. The molecular formula is C23H43BrO. The van der Waals surface area contributed by atoms with Crippen LogP contribution in [0.5, 0.6) is 0 Å². The van der Waals surface area contributed by atoms with Crippen LogP contribution in [0.4, 0.5) is 0 Å². The predicted molar refractivity (Wildman–Crippen MR) is 118 cm³/mol. The Morgan fingerprint density at radius 2 is 1.52 bits per heavy atom. The first kappa shape index (κ1) is 24.9. The Morgan fingerprint density at radius 1 is 0.840 bits per heavy atom. The molecule has 0 aromatic heterocycles. The van der Waals surface area contributed by atoms with E-state index in [2.05, 4.69) is 41.6 Å². The monoisotopic (exact) mass is 414 g/mol. The van der Waals surface area contributed by atoms with Crippen molar-refractivity contribution < 1.29 is 4.74 Å². The molecule has 2 heteroatoms. The van der Waals surface area contributed by atoms with Gasteiger partial charge in [0.25, 0.3) is 0 Å². The molecule has 0 amide bonds. The van der Waals surface area contributed by atoms with Crippen molar-refractivity contribution >= 4 is 15.9 Å². The van der Waals surface area contributed by atoms with Gasteiger partial charge in [-0.15, -0.1) is 6.58 Å². The second-order valence-corrected chi connectivity index (χ2v) is 7.86. The van der Waals surface area contributed by atoms with Crippen molar-refractivity contribution in [2.24, 2.45) is 0 Å². The number of unbranched alkanes of at least 4 members (excludes halogenated alkanes) is 11. The summed E-state index contributed by atoms with van der Waals surface area (Å²) in [5.41, 5.74) is 0. The van der Waals surface area contributed by atoms with Crippen LogP contribution in [0.25, 0.3) is 0 Å². The quantitative estimate of drug-likeness (QED) is 0.110. The van der Waals surface area contributed by atoms with Crippen LogP contribution in [0, 0.1) is 0 Å². The Hall–Kier alpha value is -0.0800. The summed E-state index contributed by atoms with van der Waals surface area (Å²) in [6, 6.07) is 0. The smallest absolute Gasteiger partial charge is 0.0755 e. The molecule has 0 saturated carbocycles. The second kappa shape index (κ2) is 22.0. The van der Waals surface area contributed by atoms with Crippen molar-refractivity contribution in [3.05, 3.63) is 24.8 Å². The van der Waals surface area contributed by atoms with E-state index < -0.39 is 0 Å². The Balaban J connectivity index is 3.86. The molecule has 1 atom stereocenters. The fourth-order valence-corrected chi connectivity index (χ4v) is 3.34. The number of allylic oxidation sites excluding steroid dienone is 2. The summed E-state index contributed by atoms with van der Waals surface area (Å²) in [6.07, 6.45) is 26.4. The molecular weight excluding hydrogens is 372 g/mol. The van der Waals surface area contributed by atoms with E-state index in [1.807, 2.05) is 6.08 Å². The summed E-state index contributed by atoms with van der Waals surface area (Å²) >= 11 is 3.49. The Kier molecular flexibility index (Phi) is 21.9. The third-order valence-electron chi connectivity index (χ3n) is 4.58. The molecule has 148 valence electrons. The lowest BCUT2D eigenvalue weighted by Gasteiger charge is -2.14. The van der Waals surface area contributed by atoms with E-state index >= 15 is 0 Å². The Labute approximate surface area is 166 Å². The van der Waals surface area contributed by atoms with E-state index in [-0.39, 0.29) is 0 Å². The summed E-state index contributed by atoms with van der Waals surface area (Å²) < 4.78 is 6.11. The van der Waals surface area contributed by atoms with E-state index in [0.29, 0.717) is 6.10 Å². The highest BCUT2D eigenvalue weighted by atomic mass is 79.9. The van der Waals surface area contributed by atoms with Gasteiger partial charge in [-0.25, -0.2) is 0 Å². The molecule has 0 aromatic rings. The van der Waals surface area contributed by atoms with Gasteiger partial charge in [0.2, 0.25) is 0 Å². The van der Waals surface area contributed by atoms with E-state index in [9.17, 15) is 0 Å². The van der Waals surface area contributed by atoms with Gasteiger partial charge < -0.3 is 4.74 Å². The highest BCUT2D eigenvalue weighted by Crippen LogP contribution is 2.13. The van der Waals surface area contributed by atoms with Crippen molar-refractivity contribution in [2.45, 2.75) is 109 Å². The molecule has 0 bridgehead atoms. The first-order valence-corrected chi connectivity index (χ1v) is 11.9. The van der Waals surface area contributed by atoms with Crippen LogP contribution in [-0.4, -0.2) is 18.0 Å². The number of hydrogen-bond donors (Lipinski definition) is 0. The summed E-state index contributed by atoms with van der Waals surface area (Å²) in [5.74, 6) is 0. The molecule has 0 rings (SSSR count). The van der Waals surface area contributed by atoms with Crippen LogP contribution in [-0.2, 0) is 4.74 Å². The molecule has 0 saturated heterocycles.